The summed E-state index contributed by atoms with van der Waals surface area (Å²) in [6, 6.07) is 24.0. The molecule has 0 saturated heterocycles. The largest absolute Gasteiger partial charge is 0.497 e. The zero-order valence-electron chi connectivity index (χ0n) is 15.8. The highest BCUT2D eigenvalue weighted by molar-refractivity contribution is 6.00. The van der Waals surface area contributed by atoms with Crippen LogP contribution < -0.4 is 14.8 Å². The van der Waals surface area contributed by atoms with Crippen LogP contribution >= 0.6 is 0 Å². The molecular formula is C23H21N3O2. The maximum absolute atomic E-state index is 5.25. The number of nitrogens with one attached hydrogen (secondary N) is 1. The first kappa shape index (κ1) is 17.8. The Bertz CT molecular complexity index is 1080. The van der Waals surface area contributed by atoms with Crippen molar-refractivity contribution in [2.75, 3.05) is 19.5 Å². The molecule has 5 heteroatoms. The van der Waals surface area contributed by atoms with Crippen molar-refractivity contribution >= 4 is 16.6 Å². The number of benzene rings is 3. The van der Waals surface area contributed by atoms with E-state index in [1.54, 1.807) is 14.2 Å². The van der Waals surface area contributed by atoms with Gasteiger partial charge in [-0.05, 0) is 42.0 Å². The van der Waals surface area contributed by atoms with Gasteiger partial charge in [-0.1, -0.05) is 36.4 Å². The highest BCUT2D eigenvalue weighted by atomic mass is 16.5. The summed E-state index contributed by atoms with van der Waals surface area (Å²) in [6.45, 7) is 0.657. The molecule has 0 fully saturated rings. The summed E-state index contributed by atoms with van der Waals surface area (Å²) in [5, 5.41) is 14.5. The lowest BCUT2D eigenvalue weighted by Crippen LogP contribution is -2.04. The summed E-state index contributed by atoms with van der Waals surface area (Å²) in [6.07, 6.45) is 0. The standard InChI is InChI=1S/C23H21N3O2/c1-27-18-11-7-16(8-12-18)15-24-23-21-6-4-3-5-20(21)22(25-26-23)17-9-13-19(28-2)14-10-17/h3-14H,15H2,1-2H3,(H,24,26). The van der Waals surface area contributed by atoms with Crippen molar-refractivity contribution in [1.29, 1.82) is 0 Å². The summed E-state index contributed by atoms with van der Waals surface area (Å²) in [5.74, 6) is 2.43. The van der Waals surface area contributed by atoms with Crippen molar-refractivity contribution in [3.63, 3.8) is 0 Å². The first-order chi connectivity index (χ1) is 13.8. The first-order valence-corrected chi connectivity index (χ1v) is 9.05. The van der Waals surface area contributed by atoms with Crippen molar-refractivity contribution in [1.82, 2.24) is 10.2 Å². The van der Waals surface area contributed by atoms with Crippen LogP contribution in [0.1, 0.15) is 5.56 Å². The SMILES string of the molecule is COc1ccc(CNc2nnc(-c3ccc(OC)cc3)c3ccccc23)cc1. The van der Waals surface area contributed by atoms with E-state index < -0.39 is 0 Å². The number of aromatic nitrogens is 2. The van der Waals surface area contributed by atoms with Crippen LogP contribution in [0.3, 0.4) is 0 Å². The van der Waals surface area contributed by atoms with Gasteiger partial charge >= 0.3 is 0 Å². The fraction of sp³-hybridized carbons (Fsp3) is 0.130. The summed E-state index contributed by atoms with van der Waals surface area (Å²) < 4.78 is 10.5. The zero-order chi connectivity index (χ0) is 19.3. The summed E-state index contributed by atoms with van der Waals surface area (Å²) in [7, 11) is 3.33. The molecule has 0 spiro atoms. The lowest BCUT2D eigenvalue weighted by molar-refractivity contribution is 0.414. The Morgan fingerprint density at radius 3 is 1.96 bits per heavy atom. The van der Waals surface area contributed by atoms with Crippen LogP contribution in [0, 0.1) is 0 Å². The Morgan fingerprint density at radius 2 is 1.32 bits per heavy atom. The minimum atomic E-state index is 0.657. The van der Waals surface area contributed by atoms with E-state index in [9.17, 15) is 0 Å². The lowest BCUT2D eigenvalue weighted by Gasteiger charge is -2.12. The van der Waals surface area contributed by atoms with Crippen molar-refractivity contribution in [3.05, 3.63) is 78.4 Å². The number of fused-ring (bicyclic) bond motifs is 1. The predicted molar refractivity (Wildman–Crippen MR) is 112 cm³/mol. The van der Waals surface area contributed by atoms with Crippen LogP contribution in [0.4, 0.5) is 5.82 Å². The molecule has 1 N–H and O–H groups in total. The van der Waals surface area contributed by atoms with Gasteiger partial charge < -0.3 is 14.8 Å². The Labute approximate surface area is 164 Å². The van der Waals surface area contributed by atoms with Crippen LogP contribution in [-0.2, 0) is 6.54 Å². The van der Waals surface area contributed by atoms with Crippen molar-refractivity contribution in [3.8, 4) is 22.8 Å². The summed E-state index contributed by atoms with van der Waals surface area (Å²) in [5.41, 5.74) is 3.00. The highest BCUT2D eigenvalue weighted by Gasteiger charge is 2.11. The molecule has 0 amide bonds. The second-order valence-electron chi connectivity index (χ2n) is 6.37. The van der Waals surface area contributed by atoms with Crippen LogP contribution in [0.5, 0.6) is 11.5 Å². The molecule has 1 aromatic heterocycles. The third-order valence-electron chi connectivity index (χ3n) is 4.67. The number of rotatable bonds is 6. The van der Waals surface area contributed by atoms with Gasteiger partial charge in [0, 0.05) is 22.9 Å². The molecule has 0 radical (unpaired) electrons. The second-order valence-corrected chi connectivity index (χ2v) is 6.37. The monoisotopic (exact) mass is 371 g/mol. The lowest BCUT2D eigenvalue weighted by atomic mass is 10.0. The molecule has 5 nitrogen and oxygen atoms in total. The second kappa shape index (κ2) is 7.96. The van der Waals surface area contributed by atoms with Crippen molar-refractivity contribution in [2.24, 2.45) is 0 Å². The Hall–Kier alpha value is -3.60. The van der Waals surface area contributed by atoms with Crippen LogP contribution in [0.25, 0.3) is 22.0 Å². The van der Waals surface area contributed by atoms with Gasteiger partial charge in [-0.25, -0.2) is 0 Å². The smallest absolute Gasteiger partial charge is 0.156 e. The van der Waals surface area contributed by atoms with E-state index in [0.29, 0.717) is 6.54 Å². The Balaban J connectivity index is 1.64. The molecular weight excluding hydrogens is 350 g/mol. The zero-order valence-corrected chi connectivity index (χ0v) is 15.8. The molecule has 4 rings (SSSR count). The molecule has 28 heavy (non-hydrogen) atoms. The average Bonchev–Trinajstić information content (AvgIpc) is 2.78. The van der Waals surface area contributed by atoms with E-state index in [0.717, 1.165) is 44.9 Å². The maximum Gasteiger partial charge on any atom is 0.156 e. The molecule has 4 aromatic rings. The third kappa shape index (κ3) is 3.60. The van der Waals surface area contributed by atoms with Crippen molar-refractivity contribution < 1.29 is 9.47 Å². The molecule has 0 aliphatic carbocycles. The quantitative estimate of drug-likeness (QED) is 0.521. The number of anilines is 1. The van der Waals surface area contributed by atoms with Crippen molar-refractivity contribution in [2.45, 2.75) is 6.54 Å². The van der Waals surface area contributed by atoms with Crippen LogP contribution in [0.2, 0.25) is 0 Å². The topological polar surface area (TPSA) is 56.3 Å². The molecule has 1 heterocycles. The highest BCUT2D eigenvalue weighted by Crippen LogP contribution is 2.30. The van der Waals surface area contributed by atoms with E-state index in [-0.39, 0.29) is 0 Å². The molecule has 0 bridgehead atoms. The van der Waals surface area contributed by atoms with E-state index in [1.807, 2.05) is 60.7 Å². The average molecular weight is 371 g/mol. The van der Waals surface area contributed by atoms with Gasteiger partial charge in [0.2, 0.25) is 0 Å². The number of hydrogen-bond donors (Lipinski definition) is 1. The minimum absolute atomic E-state index is 0.657. The van der Waals surface area contributed by atoms with Gasteiger partial charge in [-0.2, -0.15) is 0 Å². The number of ether oxygens (including phenoxy) is 2. The van der Waals surface area contributed by atoms with E-state index >= 15 is 0 Å². The van der Waals surface area contributed by atoms with Gasteiger partial charge in [0.25, 0.3) is 0 Å². The Kier molecular flexibility index (Phi) is 5.06. The molecule has 3 aromatic carbocycles. The van der Waals surface area contributed by atoms with Gasteiger partial charge in [-0.15, -0.1) is 10.2 Å². The maximum atomic E-state index is 5.25. The van der Waals surface area contributed by atoms with Gasteiger partial charge in [0.1, 0.15) is 17.2 Å². The number of nitrogens with zero attached hydrogens (tertiary/aromatic N) is 2. The molecule has 0 aliphatic rings. The molecule has 0 saturated carbocycles. The van der Waals surface area contributed by atoms with Gasteiger partial charge in [-0.3, -0.25) is 0 Å². The third-order valence-corrected chi connectivity index (χ3v) is 4.67. The van der Waals surface area contributed by atoms with Gasteiger partial charge in [0.15, 0.2) is 5.82 Å². The van der Waals surface area contributed by atoms with E-state index in [4.69, 9.17) is 9.47 Å². The molecule has 140 valence electrons. The minimum Gasteiger partial charge on any atom is -0.497 e. The van der Waals surface area contributed by atoms with E-state index in [2.05, 4.69) is 27.6 Å². The van der Waals surface area contributed by atoms with Crippen LogP contribution in [-0.4, -0.2) is 24.4 Å². The summed E-state index contributed by atoms with van der Waals surface area (Å²) in [4.78, 5) is 0. The molecule has 0 unspecified atom stereocenters. The fourth-order valence-electron chi connectivity index (χ4n) is 3.13. The molecule has 0 atom stereocenters. The predicted octanol–water partition coefficient (Wildman–Crippen LogP) is 4.93. The number of hydrogen-bond acceptors (Lipinski definition) is 5. The molecule has 0 aliphatic heterocycles. The van der Waals surface area contributed by atoms with Gasteiger partial charge in [0.05, 0.1) is 14.2 Å². The summed E-state index contributed by atoms with van der Waals surface area (Å²) >= 11 is 0. The first-order valence-electron chi connectivity index (χ1n) is 9.05. The Morgan fingerprint density at radius 1 is 0.714 bits per heavy atom. The fourth-order valence-corrected chi connectivity index (χ4v) is 3.13. The normalized spacial score (nSPS) is 10.6. The van der Waals surface area contributed by atoms with E-state index in [1.165, 1.54) is 0 Å². The van der Waals surface area contributed by atoms with Crippen LogP contribution in [0.15, 0.2) is 72.8 Å². The number of methoxy groups -OCH3 is 2.